The number of aliphatic hydroxyl groups is 1. The van der Waals surface area contributed by atoms with Gasteiger partial charge in [-0.3, -0.25) is 0 Å². The molecule has 0 spiro atoms. The molecule has 0 aliphatic carbocycles. The molecule has 0 saturated carbocycles. The van der Waals surface area contributed by atoms with Crippen molar-refractivity contribution in [3.05, 3.63) is 0 Å². The van der Waals surface area contributed by atoms with E-state index < -0.39 is 0 Å². The Hall–Kier alpha value is 1.01. The summed E-state index contributed by atoms with van der Waals surface area (Å²) in [6.45, 7) is 0.340. The third-order valence-electron chi connectivity index (χ3n) is 1.25. The van der Waals surface area contributed by atoms with E-state index in [1.54, 1.807) is 0 Å². The summed E-state index contributed by atoms with van der Waals surface area (Å²) >= 11 is 5.89. The molecule has 1 N–H and O–H groups in total. The Kier molecular flexibility index (Phi) is 13.0. The van der Waals surface area contributed by atoms with Crippen LogP contribution in [0.2, 0.25) is 0 Å². The molecule has 0 aliphatic heterocycles. The molecule has 74 valence electrons. The average molecular weight is 226 g/mol. The van der Waals surface area contributed by atoms with Gasteiger partial charge in [0, 0.05) is 29.6 Å². The summed E-state index contributed by atoms with van der Waals surface area (Å²) in [6.07, 6.45) is 3.09. The van der Waals surface area contributed by atoms with Crippen LogP contribution in [0.25, 0.3) is 0 Å². The van der Waals surface area contributed by atoms with E-state index in [4.69, 9.17) is 5.11 Å². The fraction of sp³-hybridized carbons (Fsp3) is 1.00. The zero-order chi connectivity index (χ0) is 9.07. The minimum atomic E-state index is 0.340. The molecule has 0 aromatic heterocycles. The molecule has 4 heteroatoms. The summed E-state index contributed by atoms with van der Waals surface area (Å²) in [7, 11) is 0. The highest BCUT2D eigenvalue weighted by Crippen LogP contribution is 2.09. The van der Waals surface area contributed by atoms with Gasteiger partial charge in [-0.25, -0.2) is 0 Å². The Labute approximate surface area is 88.5 Å². The van der Waals surface area contributed by atoms with Gasteiger partial charge in [0.25, 0.3) is 0 Å². The highest BCUT2D eigenvalue weighted by atomic mass is 32.2. The molecule has 0 rings (SSSR count). The molecule has 1 nitrogen and oxygen atoms in total. The van der Waals surface area contributed by atoms with Crippen LogP contribution in [0.5, 0.6) is 0 Å². The zero-order valence-corrected chi connectivity index (χ0v) is 10.1. The zero-order valence-electron chi connectivity index (χ0n) is 7.62. The van der Waals surface area contributed by atoms with Crippen LogP contribution in [0, 0.1) is 0 Å². The van der Waals surface area contributed by atoms with E-state index in [1.165, 1.54) is 23.0 Å². The van der Waals surface area contributed by atoms with Gasteiger partial charge in [0.05, 0.1) is 0 Å². The van der Waals surface area contributed by atoms with E-state index in [9.17, 15) is 0 Å². The highest BCUT2D eigenvalue weighted by molar-refractivity contribution is 8.04. The van der Waals surface area contributed by atoms with Crippen LogP contribution >= 0.6 is 35.3 Å². The van der Waals surface area contributed by atoms with Gasteiger partial charge < -0.3 is 5.11 Å². The Bertz CT molecular complexity index is 70.7. The smallest absolute Gasteiger partial charge is 0.0438 e. The largest absolute Gasteiger partial charge is 0.396 e. The van der Waals surface area contributed by atoms with E-state index in [2.05, 4.69) is 6.26 Å². The predicted octanol–water partition coefficient (Wildman–Crippen LogP) is 2.20. The van der Waals surface area contributed by atoms with Crippen molar-refractivity contribution < 1.29 is 5.11 Å². The molecular weight excluding hydrogens is 208 g/mol. The van der Waals surface area contributed by atoms with Crippen molar-refractivity contribution in [3.63, 3.8) is 0 Å². The lowest BCUT2D eigenvalue weighted by Crippen LogP contribution is -1.91. The van der Waals surface area contributed by atoms with Gasteiger partial charge in [-0.1, -0.05) is 0 Å². The fourth-order valence-electron chi connectivity index (χ4n) is 0.631. The summed E-state index contributed by atoms with van der Waals surface area (Å²) in [5.41, 5.74) is 0. The van der Waals surface area contributed by atoms with Crippen molar-refractivity contribution in [1.82, 2.24) is 0 Å². The van der Waals surface area contributed by atoms with Crippen molar-refractivity contribution in [3.8, 4) is 0 Å². The van der Waals surface area contributed by atoms with Gasteiger partial charge in [0.2, 0.25) is 0 Å². The van der Waals surface area contributed by atoms with Crippen LogP contribution in [-0.4, -0.2) is 46.7 Å². The maximum absolute atomic E-state index is 8.52. The summed E-state index contributed by atoms with van der Waals surface area (Å²) in [5, 5.41) is 8.52. The number of rotatable bonds is 9. The summed E-state index contributed by atoms with van der Waals surface area (Å²) in [4.78, 5) is 0. The van der Waals surface area contributed by atoms with Crippen molar-refractivity contribution in [2.45, 2.75) is 6.42 Å². The van der Waals surface area contributed by atoms with Crippen LogP contribution in [0.3, 0.4) is 0 Å². The van der Waals surface area contributed by atoms with Gasteiger partial charge in [-0.05, 0) is 18.4 Å². The standard InChI is InChI=1S/C8H18OS3/c1-10-5-6-12-8-7-11-4-2-3-9/h9H,2-8H2,1H3. The fourth-order valence-corrected chi connectivity index (χ4v) is 3.45. The first kappa shape index (κ1) is 13.0. The SMILES string of the molecule is CSCCSCCSCCCO. The van der Waals surface area contributed by atoms with Gasteiger partial charge >= 0.3 is 0 Å². The summed E-state index contributed by atoms with van der Waals surface area (Å²) in [6, 6.07) is 0. The van der Waals surface area contributed by atoms with E-state index in [0.717, 1.165) is 12.2 Å². The van der Waals surface area contributed by atoms with Gasteiger partial charge in [-0.15, -0.1) is 0 Å². The van der Waals surface area contributed by atoms with Crippen LogP contribution < -0.4 is 0 Å². The molecule has 0 unspecified atom stereocenters. The number of aliphatic hydroxyl groups excluding tert-OH is 1. The van der Waals surface area contributed by atoms with E-state index in [1.807, 2.05) is 35.3 Å². The molecule has 0 heterocycles. The molecule has 0 aliphatic rings. The second kappa shape index (κ2) is 12.0. The normalized spacial score (nSPS) is 10.5. The van der Waals surface area contributed by atoms with Crippen molar-refractivity contribution in [2.24, 2.45) is 0 Å². The molecule has 0 amide bonds. The highest BCUT2D eigenvalue weighted by Gasteiger charge is 1.90. The van der Waals surface area contributed by atoms with Crippen molar-refractivity contribution >= 4 is 35.3 Å². The number of hydrogen-bond acceptors (Lipinski definition) is 4. The molecule has 0 radical (unpaired) electrons. The minimum absolute atomic E-state index is 0.340. The molecule has 0 atom stereocenters. The molecule has 0 aromatic carbocycles. The van der Waals surface area contributed by atoms with Crippen molar-refractivity contribution in [1.29, 1.82) is 0 Å². The quantitative estimate of drug-likeness (QED) is 0.608. The lowest BCUT2D eigenvalue weighted by atomic mass is 10.5. The molecule has 0 bridgehead atoms. The third-order valence-corrected chi connectivity index (χ3v) is 4.44. The monoisotopic (exact) mass is 226 g/mol. The second-order valence-electron chi connectivity index (χ2n) is 2.29. The maximum atomic E-state index is 8.52. The maximum Gasteiger partial charge on any atom is 0.0438 e. The summed E-state index contributed by atoms with van der Waals surface area (Å²) in [5.74, 6) is 6.16. The molecule has 0 fully saturated rings. The van der Waals surface area contributed by atoms with E-state index >= 15 is 0 Å². The van der Waals surface area contributed by atoms with Crippen LogP contribution in [0.15, 0.2) is 0 Å². The predicted molar refractivity (Wildman–Crippen MR) is 64.7 cm³/mol. The lowest BCUT2D eigenvalue weighted by Gasteiger charge is -2.00. The Morgan fingerprint density at radius 3 is 2.08 bits per heavy atom. The Morgan fingerprint density at radius 2 is 1.50 bits per heavy atom. The van der Waals surface area contributed by atoms with E-state index in [0.29, 0.717) is 6.61 Å². The van der Waals surface area contributed by atoms with Crippen molar-refractivity contribution in [2.75, 3.05) is 41.6 Å². The number of thioether (sulfide) groups is 3. The molecule has 0 aromatic rings. The third kappa shape index (κ3) is 11.0. The Morgan fingerprint density at radius 1 is 0.917 bits per heavy atom. The Balaban J connectivity index is 2.73. The van der Waals surface area contributed by atoms with Gasteiger partial charge in [0.15, 0.2) is 0 Å². The molecule has 12 heavy (non-hydrogen) atoms. The first-order chi connectivity index (χ1) is 5.91. The molecule has 0 saturated heterocycles. The second-order valence-corrected chi connectivity index (χ2v) is 5.73. The minimum Gasteiger partial charge on any atom is -0.396 e. The average Bonchev–Trinajstić information content (AvgIpc) is 2.10. The van der Waals surface area contributed by atoms with Crippen LogP contribution in [0.1, 0.15) is 6.42 Å². The first-order valence-electron chi connectivity index (χ1n) is 4.17. The lowest BCUT2D eigenvalue weighted by molar-refractivity contribution is 0.296. The summed E-state index contributed by atoms with van der Waals surface area (Å²) < 4.78 is 0. The van der Waals surface area contributed by atoms with Gasteiger partial charge in [-0.2, -0.15) is 35.3 Å². The topological polar surface area (TPSA) is 20.2 Å². The number of hydrogen-bond donors (Lipinski definition) is 1. The molecular formula is C8H18OS3. The first-order valence-corrected chi connectivity index (χ1v) is 7.87. The van der Waals surface area contributed by atoms with Crippen LogP contribution in [0.4, 0.5) is 0 Å². The van der Waals surface area contributed by atoms with E-state index in [-0.39, 0.29) is 0 Å². The van der Waals surface area contributed by atoms with Gasteiger partial charge in [0.1, 0.15) is 0 Å². The van der Waals surface area contributed by atoms with Crippen LogP contribution in [-0.2, 0) is 0 Å².